The van der Waals surface area contributed by atoms with Gasteiger partial charge in [-0.05, 0) is 245 Å². The number of allylic oxidation sites excluding steroid dienone is 1. The molecule has 758 valence electrons. The minimum Gasteiger partial charge on any atom is -0.508 e. The summed E-state index contributed by atoms with van der Waals surface area (Å²) < 4.78 is 48.1. The number of aromatic amines is 5. The van der Waals surface area contributed by atoms with Gasteiger partial charge in [0.05, 0.1) is 78.9 Å². The number of fused-ring (bicyclic) bond motifs is 4. The van der Waals surface area contributed by atoms with Crippen molar-refractivity contribution in [3.05, 3.63) is 241 Å². The number of nitrogens with zero attached hydrogens (tertiary/aromatic N) is 11. The second kappa shape index (κ2) is 44.9. The first-order valence-corrected chi connectivity index (χ1v) is 49.9. The fraction of sp³-hybridized carbons (Fsp3) is 0.292. The number of phenols is 1. The molecule has 5 aliphatic rings. The predicted octanol–water partition coefficient (Wildman–Crippen LogP) is 22.8. The Labute approximate surface area is 855 Å². The minimum absolute atomic E-state index is 0.0821. The fourth-order valence-electron chi connectivity index (χ4n) is 19.1. The van der Waals surface area contributed by atoms with Gasteiger partial charge in [-0.3, -0.25) is 29.5 Å². The SMILES string of the molecule is CNC(=O)c1ccc(Nc2nc(OC3CCCC3)c3c(-c4ccc(C(C)(C)C)cc4)c[nH]c3n2)c(OC)c1.CNC(=O)c1ccc(Nc2nc(OC3CCCC3)c3c(-c4ccc(C5=CN=CC5)cc4)c[nH]c3n2)c(OC)c1.CNC(=O)c1ccc(Nc2nc(OC3CCCC3)c3c(-c4cncc(C)c4)c[nH]c3n2)c(OC)c1.COc1cc(-c2cn[nH]c2)ccc1Nc1nc(OC2CCCC2)c2c(-c3ccc(O)cc3)c[nH]c2n1. The zero-order valence-corrected chi connectivity index (χ0v) is 84.4. The molecule has 7 aromatic carbocycles. The number of H-pyrrole nitrogens is 5. The number of rotatable bonds is 29. The van der Waals surface area contributed by atoms with Crippen molar-refractivity contribution >= 4 is 120 Å². The summed E-state index contributed by atoms with van der Waals surface area (Å²) in [6.07, 6.45) is 37.5. The highest BCUT2D eigenvalue weighted by Crippen LogP contribution is 2.46. The molecule has 0 saturated heterocycles. The van der Waals surface area contributed by atoms with Gasteiger partial charge in [0, 0.05) is 133 Å². The maximum Gasteiger partial charge on any atom is 0.251 e. The number of anilines is 8. The number of methoxy groups -OCH3 is 4. The van der Waals surface area contributed by atoms with Gasteiger partial charge in [-0.2, -0.15) is 45.0 Å². The minimum atomic E-state index is -0.190. The smallest absolute Gasteiger partial charge is 0.251 e. The molecule has 0 spiro atoms. The molecule has 1 aliphatic heterocycles. The second-order valence-corrected chi connectivity index (χ2v) is 38.0. The van der Waals surface area contributed by atoms with Crippen molar-refractivity contribution in [3.63, 3.8) is 0 Å². The van der Waals surface area contributed by atoms with E-state index in [0.717, 1.165) is 203 Å². The molecule has 4 saturated carbocycles. The molecular formula is C113H119N23O12. The molecule has 0 bridgehead atoms. The van der Waals surface area contributed by atoms with Crippen molar-refractivity contribution in [3.8, 4) is 108 Å². The Morgan fingerprint density at radius 1 is 0.365 bits per heavy atom. The number of aromatic hydroxyl groups is 1. The third-order valence-electron chi connectivity index (χ3n) is 27.0. The first-order chi connectivity index (χ1) is 72.1. The number of benzene rings is 7. The Balaban J connectivity index is 0.000000124. The molecule has 22 rings (SSSR count). The lowest BCUT2D eigenvalue weighted by atomic mass is 9.86. The summed E-state index contributed by atoms with van der Waals surface area (Å²) in [6.45, 7) is 8.66. The summed E-state index contributed by atoms with van der Waals surface area (Å²) in [5.74, 6) is 5.54. The number of aryl methyl sites for hydroxylation is 1. The lowest BCUT2D eigenvalue weighted by Crippen LogP contribution is -2.17. The van der Waals surface area contributed by atoms with Crippen LogP contribution < -0.4 is 75.1 Å². The Kier molecular flexibility index (Phi) is 30.1. The summed E-state index contributed by atoms with van der Waals surface area (Å²) in [7, 11) is 11.1. The van der Waals surface area contributed by atoms with Crippen LogP contribution in [0.5, 0.6) is 52.3 Å². The predicted molar refractivity (Wildman–Crippen MR) is 576 cm³/mol. The molecule has 4 aliphatic carbocycles. The molecule has 17 aromatic rings. The molecule has 0 radical (unpaired) electrons. The van der Waals surface area contributed by atoms with Crippen LogP contribution in [0.4, 0.5) is 46.5 Å². The standard InChI is InChI=1S/C30H30N6O3.C30H35N5O3.C27H26N6O3.C26H28N6O3/c1-31-28(37)20-11-12-24(25(15-20)38-2)34-30-35-27-26(29(36-30)39-22-5-3-4-6-22)23(17-33-27)19-9-7-18(8-10-19)21-13-14-32-16-21;1-30(2,3)20-13-10-18(11-14-20)22-17-32-26-25(22)28(38-21-8-6-7-9-21)35-29(34-26)33-23-15-12-19(27(36)31-4)16-24(23)37-5;1-35-23-12-17(18-13-29-30-14-18)8-11-22(23)31-27-32-25-24(26(33-27)36-20-4-2-3-5-20)21(15-28-25)16-6-9-19(34)10-7-16;1-15-10-17(13-28-12-15)19-14-29-23-22(19)25(35-18-6-4-5-7-18)32-26(31-23)30-20-9-8-16(24(33)27-2)11-21(20)34-3/h7-12,14-17,22H,3-6,13H2,1-2H3,(H,31,37)(H2,33,34,35,36);10-17,21H,6-9H2,1-5H3,(H,31,36)(H2,32,33,34,35);6-15,20,34H,2-5H2,1H3,(H,29,30)(H2,28,31,32,33);8-14,18H,4-7H2,1-3H3,(H,27,33)(H2,29,30,31,32). The van der Waals surface area contributed by atoms with Gasteiger partial charge in [-0.25, -0.2) is 0 Å². The van der Waals surface area contributed by atoms with Crippen LogP contribution in [0.15, 0.2) is 212 Å². The molecule has 148 heavy (non-hydrogen) atoms. The monoisotopic (exact) mass is 1990 g/mol. The first kappa shape index (κ1) is 99.3. The second-order valence-electron chi connectivity index (χ2n) is 38.0. The number of aromatic nitrogens is 15. The molecule has 35 nitrogen and oxygen atoms in total. The normalized spacial score (nSPS) is 14.1. The quantitative estimate of drug-likeness (QED) is 0.0207. The molecule has 13 N–H and O–H groups in total. The van der Waals surface area contributed by atoms with E-state index in [1.54, 1.807) is 123 Å². The van der Waals surface area contributed by atoms with Crippen LogP contribution in [0.25, 0.3) is 105 Å². The number of pyridine rings is 1. The van der Waals surface area contributed by atoms with E-state index in [-0.39, 0.29) is 53.3 Å². The van der Waals surface area contributed by atoms with Gasteiger partial charge in [-0.1, -0.05) is 87.5 Å². The van der Waals surface area contributed by atoms with Crippen LogP contribution in [-0.4, -0.2) is 178 Å². The van der Waals surface area contributed by atoms with Crippen molar-refractivity contribution in [1.82, 2.24) is 90.9 Å². The molecule has 3 amide bonds. The number of phenolic OH excluding ortho intramolecular Hbond substituents is 1. The molecule has 10 aromatic heterocycles. The molecule has 0 atom stereocenters. The average molecular weight is 1990 g/mol. The van der Waals surface area contributed by atoms with Crippen LogP contribution >= 0.6 is 0 Å². The third kappa shape index (κ3) is 22.6. The van der Waals surface area contributed by atoms with Gasteiger partial charge in [0.1, 0.15) is 75.8 Å². The van der Waals surface area contributed by atoms with Gasteiger partial charge in [0.25, 0.3) is 17.7 Å². The molecule has 11 heterocycles. The average Bonchev–Trinajstić information content (AvgIpc) is 1.62. The zero-order chi connectivity index (χ0) is 102. The number of carbonyl (C=O) groups is 3. The van der Waals surface area contributed by atoms with E-state index in [9.17, 15) is 19.5 Å². The van der Waals surface area contributed by atoms with Gasteiger partial charge in [0.15, 0.2) is 0 Å². The van der Waals surface area contributed by atoms with Crippen LogP contribution in [0.1, 0.15) is 178 Å². The molecular weight excluding hydrogens is 1870 g/mol. The van der Waals surface area contributed by atoms with E-state index < -0.39 is 0 Å². The van der Waals surface area contributed by atoms with Crippen molar-refractivity contribution in [2.45, 2.75) is 167 Å². The van der Waals surface area contributed by atoms with Crippen LogP contribution in [0.3, 0.4) is 0 Å². The highest BCUT2D eigenvalue weighted by Gasteiger charge is 2.31. The summed E-state index contributed by atoms with van der Waals surface area (Å²) in [4.78, 5) is 96.1. The van der Waals surface area contributed by atoms with Crippen LogP contribution in [-0.2, 0) is 5.41 Å². The van der Waals surface area contributed by atoms with Gasteiger partial charge < -0.3 is 100 Å². The maximum atomic E-state index is 12.1. The van der Waals surface area contributed by atoms with E-state index in [1.165, 1.54) is 11.1 Å². The number of ether oxygens (including phenoxy) is 8. The zero-order valence-electron chi connectivity index (χ0n) is 84.4. The number of nitrogens with one attached hydrogen (secondary N) is 12. The summed E-state index contributed by atoms with van der Waals surface area (Å²) in [6, 6.07) is 47.7. The molecule has 35 heteroatoms. The summed E-state index contributed by atoms with van der Waals surface area (Å²) in [5, 5.41) is 40.9. The van der Waals surface area contributed by atoms with E-state index in [4.69, 9.17) is 77.8 Å². The number of amides is 3. The van der Waals surface area contributed by atoms with Gasteiger partial charge >= 0.3 is 0 Å². The van der Waals surface area contributed by atoms with Crippen LogP contribution in [0.2, 0.25) is 0 Å². The van der Waals surface area contributed by atoms with E-state index >= 15 is 0 Å². The Bertz CT molecular complexity index is 7700. The van der Waals surface area contributed by atoms with E-state index in [2.05, 4.69) is 153 Å². The van der Waals surface area contributed by atoms with E-state index in [0.29, 0.717) is 127 Å². The van der Waals surface area contributed by atoms with Crippen molar-refractivity contribution < 1.29 is 57.4 Å². The number of hydrogen-bond donors (Lipinski definition) is 13. The highest BCUT2D eigenvalue weighted by atomic mass is 16.5. The number of hydrogen-bond acceptors (Lipinski definition) is 27. The lowest BCUT2D eigenvalue weighted by molar-refractivity contribution is 0.0955. The lowest BCUT2D eigenvalue weighted by Gasteiger charge is -2.19. The Morgan fingerprint density at radius 2 is 0.696 bits per heavy atom. The third-order valence-corrected chi connectivity index (χ3v) is 27.0. The molecule has 4 fully saturated rings. The fourth-order valence-corrected chi connectivity index (χ4v) is 19.1. The Hall–Kier alpha value is -17.4. The van der Waals surface area contributed by atoms with Crippen molar-refractivity contribution in [1.29, 1.82) is 0 Å². The molecule has 0 unspecified atom stereocenters. The van der Waals surface area contributed by atoms with Gasteiger partial charge in [-0.15, -0.1) is 0 Å². The van der Waals surface area contributed by atoms with Crippen LogP contribution in [0, 0.1) is 6.92 Å². The summed E-state index contributed by atoms with van der Waals surface area (Å²) in [5.41, 5.74) is 21.5. The highest BCUT2D eigenvalue weighted by molar-refractivity contribution is 6.03. The number of aliphatic imine (C=N–C) groups is 1. The largest absolute Gasteiger partial charge is 0.508 e. The van der Waals surface area contributed by atoms with E-state index in [1.807, 2.05) is 93.0 Å². The first-order valence-electron chi connectivity index (χ1n) is 49.9. The van der Waals surface area contributed by atoms with Crippen molar-refractivity contribution in [2.24, 2.45) is 4.99 Å². The summed E-state index contributed by atoms with van der Waals surface area (Å²) >= 11 is 0. The number of carbonyl (C=O) groups excluding carboxylic acids is 3. The van der Waals surface area contributed by atoms with Crippen molar-refractivity contribution in [2.75, 3.05) is 70.8 Å². The van der Waals surface area contributed by atoms with Gasteiger partial charge in [0.2, 0.25) is 47.3 Å². The Morgan fingerprint density at radius 3 is 1.02 bits per heavy atom. The topological polar surface area (TPSA) is 450 Å². The maximum absolute atomic E-state index is 12.1.